The first-order valence-corrected chi connectivity index (χ1v) is 5.88. The lowest BCUT2D eigenvalue weighted by molar-refractivity contribution is -0.385. The van der Waals surface area contributed by atoms with E-state index in [4.69, 9.17) is 0 Å². The molecule has 0 saturated carbocycles. The summed E-state index contributed by atoms with van der Waals surface area (Å²) in [6.45, 7) is 0.183. The van der Waals surface area contributed by atoms with Crippen molar-refractivity contribution < 1.29 is 14.2 Å². The Kier molecular flexibility index (Phi) is 4.07. The van der Waals surface area contributed by atoms with E-state index in [0.717, 1.165) is 12.1 Å². The summed E-state index contributed by atoms with van der Waals surface area (Å²) in [7, 11) is 0. The van der Waals surface area contributed by atoms with E-state index in [-0.39, 0.29) is 23.6 Å². The molecule has 2 aromatic carbocycles. The van der Waals surface area contributed by atoms with Gasteiger partial charge in [-0.25, -0.2) is 4.39 Å². The van der Waals surface area contributed by atoms with E-state index in [2.05, 4.69) is 5.32 Å². The van der Waals surface area contributed by atoms with Gasteiger partial charge in [0.15, 0.2) is 0 Å². The number of nitrogens with zero attached hydrogens (tertiary/aromatic N) is 2. The number of benzene rings is 2. The zero-order valence-corrected chi connectivity index (χ0v) is 10.7. The van der Waals surface area contributed by atoms with Crippen molar-refractivity contribution in [2.75, 3.05) is 5.32 Å². The van der Waals surface area contributed by atoms with E-state index >= 15 is 0 Å². The van der Waals surface area contributed by atoms with Crippen molar-refractivity contribution in [3.63, 3.8) is 0 Å². The topological polar surface area (TPSA) is 98.3 Å². The van der Waals surface area contributed by atoms with Crippen molar-refractivity contribution in [3.8, 4) is 0 Å². The molecule has 7 nitrogen and oxygen atoms in total. The number of non-ortho nitro benzene ring substituents is 2. The Labute approximate surface area is 118 Å². The molecule has 0 atom stereocenters. The highest BCUT2D eigenvalue weighted by Crippen LogP contribution is 2.21. The lowest BCUT2D eigenvalue weighted by atomic mass is 10.2. The Bertz CT molecular complexity index is 706. The van der Waals surface area contributed by atoms with Crippen LogP contribution in [0.25, 0.3) is 0 Å². The highest BCUT2D eigenvalue weighted by Gasteiger charge is 2.10. The quantitative estimate of drug-likeness (QED) is 0.673. The minimum absolute atomic E-state index is 0.0560. The van der Waals surface area contributed by atoms with Gasteiger partial charge >= 0.3 is 0 Å². The fraction of sp³-hybridized carbons (Fsp3) is 0.0769. The third kappa shape index (κ3) is 3.72. The Morgan fingerprint density at radius 2 is 1.71 bits per heavy atom. The Balaban J connectivity index is 2.14. The van der Waals surface area contributed by atoms with E-state index in [1.807, 2.05) is 0 Å². The van der Waals surface area contributed by atoms with Gasteiger partial charge < -0.3 is 5.32 Å². The summed E-state index contributed by atoms with van der Waals surface area (Å²) >= 11 is 0. The second kappa shape index (κ2) is 5.95. The minimum atomic E-state index is -0.731. The summed E-state index contributed by atoms with van der Waals surface area (Å²) in [4.78, 5) is 20.1. The second-order valence-corrected chi connectivity index (χ2v) is 4.24. The molecule has 2 aromatic rings. The fourth-order valence-electron chi connectivity index (χ4n) is 1.77. The minimum Gasteiger partial charge on any atom is -0.381 e. The van der Waals surface area contributed by atoms with Gasteiger partial charge in [-0.05, 0) is 11.6 Å². The average molecular weight is 291 g/mol. The zero-order chi connectivity index (χ0) is 15.4. The van der Waals surface area contributed by atoms with Gasteiger partial charge in [-0.1, -0.05) is 12.1 Å². The standard InChI is InChI=1S/C13H10FN3O4/c14-10-5-11(7-13(6-10)17(20)21)15-8-9-2-1-3-12(4-9)16(18)19/h1-7,15H,8H2. The molecular formula is C13H10FN3O4. The van der Waals surface area contributed by atoms with Gasteiger partial charge in [0.1, 0.15) is 5.82 Å². The molecule has 0 radical (unpaired) electrons. The van der Waals surface area contributed by atoms with Crippen molar-refractivity contribution in [2.45, 2.75) is 6.54 Å². The summed E-state index contributed by atoms with van der Waals surface area (Å²) in [6.07, 6.45) is 0. The number of halogens is 1. The number of anilines is 1. The Morgan fingerprint density at radius 3 is 2.38 bits per heavy atom. The van der Waals surface area contributed by atoms with Crippen LogP contribution in [0.5, 0.6) is 0 Å². The Morgan fingerprint density at radius 1 is 1.00 bits per heavy atom. The molecule has 1 N–H and O–H groups in total. The predicted molar refractivity (Wildman–Crippen MR) is 73.5 cm³/mol. The van der Waals surface area contributed by atoms with Crippen LogP contribution < -0.4 is 5.32 Å². The summed E-state index contributed by atoms with van der Waals surface area (Å²) in [5.41, 5.74) is 0.417. The zero-order valence-electron chi connectivity index (χ0n) is 10.7. The van der Waals surface area contributed by atoms with Gasteiger partial charge in [0.05, 0.1) is 15.9 Å². The van der Waals surface area contributed by atoms with Gasteiger partial charge in [-0.3, -0.25) is 20.2 Å². The molecule has 21 heavy (non-hydrogen) atoms. The maximum absolute atomic E-state index is 13.2. The van der Waals surface area contributed by atoms with E-state index in [0.29, 0.717) is 5.56 Å². The lowest BCUT2D eigenvalue weighted by Gasteiger charge is -2.06. The maximum Gasteiger partial charge on any atom is 0.274 e. The molecule has 0 saturated heterocycles. The van der Waals surface area contributed by atoms with Crippen LogP contribution in [-0.2, 0) is 6.54 Å². The van der Waals surface area contributed by atoms with E-state index in [1.54, 1.807) is 6.07 Å². The third-order valence-electron chi connectivity index (χ3n) is 2.71. The van der Waals surface area contributed by atoms with Crippen LogP contribution in [0.1, 0.15) is 5.56 Å². The number of nitro benzene ring substituents is 2. The van der Waals surface area contributed by atoms with E-state index < -0.39 is 15.7 Å². The molecule has 0 fully saturated rings. The summed E-state index contributed by atoms with van der Waals surface area (Å²) in [5, 5.41) is 24.1. The molecule has 0 spiro atoms. The predicted octanol–water partition coefficient (Wildman–Crippen LogP) is 3.25. The molecule has 0 aromatic heterocycles. The smallest absolute Gasteiger partial charge is 0.274 e. The van der Waals surface area contributed by atoms with Crippen LogP contribution in [0.15, 0.2) is 42.5 Å². The summed E-state index contributed by atoms with van der Waals surface area (Å²) in [5.74, 6) is -0.731. The SMILES string of the molecule is O=[N+]([O-])c1cccc(CNc2cc(F)cc([N+](=O)[O-])c2)c1. The number of nitro groups is 2. The first kappa shape index (κ1) is 14.4. The number of nitrogens with one attached hydrogen (secondary N) is 1. The van der Waals surface area contributed by atoms with Crippen LogP contribution in [0.3, 0.4) is 0 Å². The number of hydrogen-bond acceptors (Lipinski definition) is 5. The first-order valence-electron chi connectivity index (χ1n) is 5.88. The number of rotatable bonds is 5. The van der Waals surface area contributed by atoms with Crippen LogP contribution in [-0.4, -0.2) is 9.85 Å². The lowest BCUT2D eigenvalue weighted by Crippen LogP contribution is -2.01. The first-order chi connectivity index (χ1) is 9.95. The highest BCUT2D eigenvalue weighted by molar-refractivity contribution is 5.52. The molecule has 0 amide bonds. The third-order valence-corrected chi connectivity index (χ3v) is 2.71. The van der Waals surface area contributed by atoms with Crippen LogP contribution in [0.4, 0.5) is 21.5 Å². The molecule has 0 aliphatic rings. The van der Waals surface area contributed by atoms with Crippen LogP contribution in [0.2, 0.25) is 0 Å². The summed E-state index contributed by atoms with van der Waals surface area (Å²) < 4.78 is 13.2. The van der Waals surface area contributed by atoms with Gasteiger partial charge in [-0.2, -0.15) is 0 Å². The van der Waals surface area contributed by atoms with Crippen molar-refractivity contribution in [2.24, 2.45) is 0 Å². The van der Waals surface area contributed by atoms with Crippen molar-refractivity contribution >= 4 is 17.1 Å². The van der Waals surface area contributed by atoms with Crippen LogP contribution in [0, 0.1) is 26.0 Å². The van der Waals surface area contributed by atoms with E-state index in [9.17, 15) is 24.6 Å². The van der Waals surface area contributed by atoms with Gasteiger partial charge in [0.25, 0.3) is 11.4 Å². The van der Waals surface area contributed by atoms with E-state index in [1.165, 1.54) is 24.3 Å². The molecule has 108 valence electrons. The molecular weight excluding hydrogens is 281 g/mol. The highest BCUT2D eigenvalue weighted by atomic mass is 19.1. The Hall–Kier alpha value is -3.03. The summed E-state index contributed by atoms with van der Waals surface area (Å²) in [6, 6.07) is 9.05. The largest absolute Gasteiger partial charge is 0.381 e. The molecule has 0 heterocycles. The number of hydrogen-bond donors (Lipinski definition) is 1. The second-order valence-electron chi connectivity index (χ2n) is 4.24. The average Bonchev–Trinajstić information content (AvgIpc) is 2.45. The van der Waals surface area contributed by atoms with Crippen LogP contribution >= 0.6 is 0 Å². The van der Waals surface area contributed by atoms with Gasteiger partial charge in [-0.15, -0.1) is 0 Å². The molecule has 0 aliphatic carbocycles. The molecule has 2 rings (SSSR count). The van der Waals surface area contributed by atoms with Gasteiger partial charge in [0.2, 0.25) is 0 Å². The fourth-order valence-corrected chi connectivity index (χ4v) is 1.77. The van der Waals surface area contributed by atoms with Crippen molar-refractivity contribution in [1.82, 2.24) is 0 Å². The molecule has 0 bridgehead atoms. The normalized spacial score (nSPS) is 10.1. The van der Waals surface area contributed by atoms with Crippen molar-refractivity contribution in [3.05, 3.63) is 74.1 Å². The maximum atomic E-state index is 13.2. The van der Waals surface area contributed by atoms with Crippen molar-refractivity contribution in [1.29, 1.82) is 0 Å². The van der Waals surface area contributed by atoms with Gasteiger partial charge in [0, 0.05) is 30.4 Å². The monoisotopic (exact) mass is 291 g/mol. The molecule has 0 aliphatic heterocycles. The molecule has 0 unspecified atom stereocenters. The molecule has 8 heteroatoms.